The van der Waals surface area contributed by atoms with Gasteiger partial charge in [-0.3, -0.25) is 4.79 Å². The van der Waals surface area contributed by atoms with Gasteiger partial charge < -0.3 is 9.64 Å². The highest BCUT2D eigenvalue weighted by Gasteiger charge is 2.13. The first-order valence-electron chi connectivity index (χ1n) is 8.04. The van der Waals surface area contributed by atoms with E-state index in [1.165, 1.54) is 11.7 Å². The summed E-state index contributed by atoms with van der Waals surface area (Å²) in [5, 5.41) is 0.679. The van der Waals surface area contributed by atoms with Crippen LogP contribution in [0.2, 0.25) is 5.02 Å². The van der Waals surface area contributed by atoms with Gasteiger partial charge in [0.2, 0.25) is 0 Å². The average molecular weight is 388 g/mol. The summed E-state index contributed by atoms with van der Waals surface area (Å²) in [5.41, 5.74) is 3.27. The van der Waals surface area contributed by atoms with Gasteiger partial charge in [0.25, 0.3) is 5.91 Å². The summed E-state index contributed by atoms with van der Waals surface area (Å²) in [6.45, 7) is 2.74. The van der Waals surface area contributed by atoms with E-state index in [0.29, 0.717) is 29.5 Å². The first-order chi connectivity index (χ1) is 12.5. The number of aryl methyl sites for hydroxylation is 1. The average Bonchev–Trinajstić information content (AvgIpc) is 3.06. The van der Waals surface area contributed by atoms with Gasteiger partial charge >= 0.3 is 0 Å². The van der Waals surface area contributed by atoms with Gasteiger partial charge in [0.15, 0.2) is 0 Å². The maximum atomic E-state index is 12.7. The Balaban J connectivity index is 1.65. The molecule has 26 heavy (non-hydrogen) atoms. The second kappa shape index (κ2) is 8.29. The topological polar surface area (TPSA) is 55.3 Å². The Hall–Kier alpha value is -2.44. The number of carbonyl (C=O) groups is 1. The maximum absolute atomic E-state index is 12.7. The van der Waals surface area contributed by atoms with Crippen LogP contribution in [0.25, 0.3) is 0 Å². The van der Waals surface area contributed by atoms with Crippen molar-refractivity contribution in [1.29, 1.82) is 0 Å². The number of rotatable bonds is 6. The monoisotopic (exact) mass is 387 g/mol. The van der Waals surface area contributed by atoms with Gasteiger partial charge in [0.05, 0.1) is 17.4 Å². The molecule has 0 radical (unpaired) electrons. The summed E-state index contributed by atoms with van der Waals surface area (Å²) in [7, 11) is 1.77. The van der Waals surface area contributed by atoms with E-state index in [9.17, 15) is 4.79 Å². The molecule has 0 bridgehead atoms. The fraction of sp³-hybridized carbons (Fsp3) is 0.211. The Morgan fingerprint density at radius 1 is 1.19 bits per heavy atom. The third kappa shape index (κ3) is 4.59. The second-order valence-corrected chi connectivity index (χ2v) is 6.87. The lowest BCUT2D eigenvalue weighted by atomic mass is 10.1. The van der Waals surface area contributed by atoms with Crippen molar-refractivity contribution in [3.05, 3.63) is 76.1 Å². The molecule has 0 aliphatic heterocycles. The fourth-order valence-corrected chi connectivity index (χ4v) is 3.08. The summed E-state index contributed by atoms with van der Waals surface area (Å²) in [6.07, 6.45) is 0. The minimum absolute atomic E-state index is 0.0723. The van der Waals surface area contributed by atoms with Crippen LogP contribution in [0.4, 0.5) is 0 Å². The number of amides is 1. The van der Waals surface area contributed by atoms with Gasteiger partial charge in [-0.05, 0) is 42.8 Å². The lowest BCUT2D eigenvalue weighted by Crippen LogP contribution is -2.26. The van der Waals surface area contributed by atoms with Crippen molar-refractivity contribution in [1.82, 2.24) is 13.6 Å². The molecule has 0 spiro atoms. The Morgan fingerprint density at radius 3 is 2.65 bits per heavy atom. The van der Waals surface area contributed by atoms with E-state index in [0.717, 1.165) is 17.0 Å². The summed E-state index contributed by atoms with van der Waals surface area (Å²) >= 11 is 7.06. The molecule has 5 nitrogen and oxygen atoms in total. The molecule has 2 aromatic carbocycles. The Kier molecular flexibility index (Phi) is 5.85. The number of benzene rings is 2. The molecular formula is C19H18ClN3O2S. The molecule has 1 aromatic heterocycles. The highest BCUT2D eigenvalue weighted by molar-refractivity contribution is 6.99. The van der Waals surface area contributed by atoms with Crippen molar-refractivity contribution < 1.29 is 9.53 Å². The van der Waals surface area contributed by atoms with Gasteiger partial charge in [-0.2, -0.15) is 8.75 Å². The molecular weight excluding hydrogens is 370 g/mol. The molecule has 7 heteroatoms. The predicted octanol–water partition coefficient (Wildman–Crippen LogP) is 4.35. The minimum Gasteiger partial charge on any atom is -0.487 e. The molecule has 1 amide bonds. The molecule has 0 unspecified atom stereocenters. The smallest absolute Gasteiger partial charge is 0.254 e. The number of nitrogens with zero attached hydrogens (tertiary/aromatic N) is 3. The lowest BCUT2D eigenvalue weighted by molar-refractivity contribution is 0.0784. The number of hydrogen-bond donors (Lipinski definition) is 0. The summed E-state index contributed by atoms with van der Waals surface area (Å²) < 4.78 is 14.1. The van der Waals surface area contributed by atoms with E-state index in [4.69, 9.17) is 16.3 Å². The normalized spacial score (nSPS) is 10.6. The van der Waals surface area contributed by atoms with Crippen LogP contribution in [-0.2, 0) is 13.2 Å². The molecule has 0 saturated carbocycles. The van der Waals surface area contributed by atoms with Crippen LogP contribution in [0.1, 0.15) is 27.3 Å². The van der Waals surface area contributed by atoms with E-state index < -0.39 is 0 Å². The van der Waals surface area contributed by atoms with E-state index in [-0.39, 0.29) is 5.91 Å². The van der Waals surface area contributed by atoms with Crippen molar-refractivity contribution in [2.75, 3.05) is 7.05 Å². The number of carbonyl (C=O) groups excluding carboxylic acids is 1. The van der Waals surface area contributed by atoms with Crippen molar-refractivity contribution in [3.8, 4) is 5.75 Å². The number of ether oxygens (including phenoxy) is 1. The van der Waals surface area contributed by atoms with Crippen molar-refractivity contribution in [3.63, 3.8) is 0 Å². The van der Waals surface area contributed by atoms with Crippen LogP contribution in [0.15, 0.2) is 48.5 Å². The lowest BCUT2D eigenvalue weighted by Gasteiger charge is -2.18. The number of aromatic nitrogens is 2. The molecule has 0 fully saturated rings. The highest BCUT2D eigenvalue weighted by Crippen LogP contribution is 2.18. The summed E-state index contributed by atoms with van der Waals surface area (Å²) in [6, 6.07) is 14.6. The van der Waals surface area contributed by atoms with Gasteiger partial charge in [0, 0.05) is 24.2 Å². The Labute approximate surface area is 161 Å². The van der Waals surface area contributed by atoms with E-state index in [2.05, 4.69) is 8.75 Å². The predicted molar refractivity (Wildman–Crippen MR) is 103 cm³/mol. The molecule has 1 heterocycles. The van der Waals surface area contributed by atoms with Crippen LogP contribution in [0, 0.1) is 6.92 Å². The van der Waals surface area contributed by atoms with Crippen molar-refractivity contribution in [2.24, 2.45) is 0 Å². The van der Waals surface area contributed by atoms with Crippen LogP contribution >= 0.6 is 23.3 Å². The SMILES string of the molecule is Cc1nsnc1COc1cccc(C(=O)N(C)Cc2ccc(Cl)cc2)c1. The summed E-state index contributed by atoms with van der Waals surface area (Å²) in [5.74, 6) is 0.556. The standard InChI is InChI=1S/C19H18ClN3O2S/c1-13-18(22-26-21-13)12-25-17-5-3-4-15(10-17)19(24)23(2)11-14-6-8-16(20)9-7-14/h3-10H,11-12H2,1-2H3. The van der Waals surface area contributed by atoms with Crippen LogP contribution < -0.4 is 4.74 Å². The Bertz CT molecular complexity index is 896. The van der Waals surface area contributed by atoms with Gasteiger partial charge in [-0.25, -0.2) is 0 Å². The largest absolute Gasteiger partial charge is 0.487 e. The van der Waals surface area contributed by atoms with E-state index in [1.54, 1.807) is 24.1 Å². The zero-order valence-electron chi connectivity index (χ0n) is 14.5. The van der Waals surface area contributed by atoms with E-state index >= 15 is 0 Å². The third-order valence-electron chi connectivity index (χ3n) is 3.88. The molecule has 0 aliphatic carbocycles. The zero-order chi connectivity index (χ0) is 18.5. The Morgan fingerprint density at radius 2 is 1.96 bits per heavy atom. The van der Waals surface area contributed by atoms with Crippen LogP contribution in [0.3, 0.4) is 0 Å². The van der Waals surface area contributed by atoms with Gasteiger partial charge in [-0.15, -0.1) is 0 Å². The summed E-state index contributed by atoms with van der Waals surface area (Å²) in [4.78, 5) is 14.3. The minimum atomic E-state index is -0.0723. The van der Waals surface area contributed by atoms with Crippen LogP contribution in [0.5, 0.6) is 5.75 Å². The molecule has 0 N–H and O–H groups in total. The first kappa shape index (κ1) is 18.4. The maximum Gasteiger partial charge on any atom is 0.254 e. The number of halogens is 1. The molecule has 0 aliphatic rings. The van der Waals surface area contributed by atoms with Crippen molar-refractivity contribution in [2.45, 2.75) is 20.1 Å². The van der Waals surface area contributed by atoms with Crippen LogP contribution in [-0.4, -0.2) is 26.6 Å². The zero-order valence-corrected chi connectivity index (χ0v) is 16.0. The molecule has 134 valence electrons. The number of hydrogen-bond acceptors (Lipinski definition) is 5. The third-order valence-corrected chi connectivity index (χ3v) is 4.79. The fourth-order valence-electron chi connectivity index (χ4n) is 2.41. The molecule has 3 aromatic rings. The molecule has 0 atom stereocenters. The van der Waals surface area contributed by atoms with E-state index in [1.807, 2.05) is 43.3 Å². The molecule has 3 rings (SSSR count). The van der Waals surface area contributed by atoms with Gasteiger partial charge in [-0.1, -0.05) is 29.8 Å². The quantitative estimate of drug-likeness (QED) is 0.631. The van der Waals surface area contributed by atoms with Gasteiger partial charge in [0.1, 0.15) is 18.1 Å². The highest BCUT2D eigenvalue weighted by atomic mass is 35.5. The molecule has 0 saturated heterocycles. The first-order valence-corrected chi connectivity index (χ1v) is 9.14. The van der Waals surface area contributed by atoms with Crippen molar-refractivity contribution >= 4 is 29.2 Å². The second-order valence-electron chi connectivity index (χ2n) is 5.90.